The number of amides is 3. The van der Waals surface area contributed by atoms with Crippen molar-refractivity contribution in [3.05, 3.63) is 33.8 Å². The predicted octanol–water partition coefficient (Wildman–Crippen LogP) is 2.95. The third-order valence-electron chi connectivity index (χ3n) is 6.33. The molecule has 2 aliphatic rings. The SMILES string of the molecule is COc1cc(CN2C(=O)C(Cl)=C(Cl)C2O)ccc1N1CCN(C(=O)[C@H](C)N(C)C(=O)OC(C)(C)C)CC1. The van der Waals surface area contributed by atoms with Crippen LogP contribution < -0.4 is 9.64 Å². The van der Waals surface area contributed by atoms with E-state index >= 15 is 0 Å². The number of hydrogen-bond acceptors (Lipinski definition) is 7. The Hall–Kier alpha value is -2.69. The molecule has 0 aliphatic carbocycles. The lowest BCUT2D eigenvalue weighted by Gasteiger charge is -2.39. The zero-order valence-corrected chi connectivity index (χ0v) is 23.5. The molecule has 37 heavy (non-hydrogen) atoms. The zero-order chi connectivity index (χ0) is 27.7. The lowest BCUT2D eigenvalue weighted by molar-refractivity contribution is -0.136. The fourth-order valence-corrected chi connectivity index (χ4v) is 4.52. The largest absolute Gasteiger partial charge is 0.495 e. The summed E-state index contributed by atoms with van der Waals surface area (Å²) in [6.45, 7) is 9.24. The molecule has 2 heterocycles. The number of aliphatic hydroxyl groups is 1. The third kappa shape index (κ3) is 6.42. The fraction of sp³-hybridized carbons (Fsp3) is 0.560. The number of carbonyl (C=O) groups is 3. The van der Waals surface area contributed by atoms with E-state index in [9.17, 15) is 19.5 Å². The molecule has 0 aromatic heterocycles. The van der Waals surface area contributed by atoms with E-state index in [1.165, 1.54) is 9.80 Å². The summed E-state index contributed by atoms with van der Waals surface area (Å²) in [6, 6.07) is 4.86. The second-order valence-corrected chi connectivity index (χ2v) is 10.8. The Morgan fingerprint density at radius 3 is 2.32 bits per heavy atom. The number of methoxy groups -OCH3 is 1. The van der Waals surface area contributed by atoms with E-state index in [4.69, 9.17) is 32.7 Å². The Bertz CT molecular complexity index is 1080. The van der Waals surface area contributed by atoms with Gasteiger partial charge in [0.05, 0.1) is 17.8 Å². The summed E-state index contributed by atoms with van der Waals surface area (Å²) in [6.07, 6.45) is -1.82. The molecule has 204 valence electrons. The van der Waals surface area contributed by atoms with Gasteiger partial charge in [0.2, 0.25) is 5.91 Å². The van der Waals surface area contributed by atoms with E-state index in [2.05, 4.69) is 4.90 Å². The molecule has 3 rings (SSSR count). The maximum atomic E-state index is 13.0. The van der Waals surface area contributed by atoms with Crippen LogP contribution in [0.25, 0.3) is 0 Å². The lowest BCUT2D eigenvalue weighted by atomic mass is 10.1. The zero-order valence-electron chi connectivity index (χ0n) is 22.0. The molecule has 1 unspecified atom stereocenters. The van der Waals surface area contributed by atoms with Crippen LogP contribution in [0.4, 0.5) is 10.5 Å². The first-order valence-electron chi connectivity index (χ1n) is 12.0. The number of piperazine rings is 1. The van der Waals surface area contributed by atoms with E-state index in [0.717, 1.165) is 11.3 Å². The molecule has 0 spiro atoms. The first-order chi connectivity index (χ1) is 17.2. The number of ether oxygens (including phenoxy) is 2. The van der Waals surface area contributed by atoms with Crippen LogP contribution in [0.3, 0.4) is 0 Å². The Labute approximate surface area is 227 Å². The first kappa shape index (κ1) is 28.9. The van der Waals surface area contributed by atoms with E-state index in [1.54, 1.807) is 52.8 Å². The van der Waals surface area contributed by atoms with Gasteiger partial charge in [-0.1, -0.05) is 29.3 Å². The van der Waals surface area contributed by atoms with E-state index in [1.807, 2.05) is 12.1 Å². The summed E-state index contributed by atoms with van der Waals surface area (Å²) in [4.78, 5) is 44.0. The van der Waals surface area contributed by atoms with Crippen molar-refractivity contribution in [1.29, 1.82) is 0 Å². The van der Waals surface area contributed by atoms with Crippen LogP contribution in [0.2, 0.25) is 0 Å². The van der Waals surface area contributed by atoms with Crippen LogP contribution in [0.15, 0.2) is 28.3 Å². The first-order valence-corrected chi connectivity index (χ1v) is 12.7. The van der Waals surface area contributed by atoms with Crippen molar-refractivity contribution >= 4 is 46.8 Å². The summed E-state index contributed by atoms with van der Waals surface area (Å²) in [7, 11) is 3.12. The molecule has 1 aromatic rings. The molecule has 2 atom stereocenters. The van der Waals surface area contributed by atoms with Gasteiger partial charge < -0.3 is 29.3 Å². The van der Waals surface area contributed by atoms with Crippen molar-refractivity contribution in [2.24, 2.45) is 0 Å². The highest BCUT2D eigenvalue weighted by atomic mass is 35.5. The lowest BCUT2D eigenvalue weighted by Crippen LogP contribution is -2.55. The molecule has 1 aromatic carbocycles. The highest BCUT2D eigenvalue weighted by molar-refractivity contribution is 6.49. The number of nitrogens with zero attached hydrogens (tertiary/aromatic N) is 4. The molecule has 1 N–H and O–H groups in total. The molecule has 0 saturated carbocycles. The Morgan fingerprint density at radius 2 is 1.81 bits per heavy atom. The maximum Gasteiger partial charge on any atom is 0.410 e. The van der Waals surface area contributed by atoms with Crippen LogP contribution in [-0.4, -0.2) is 95.9 Å². The number of carbonyl (C=O) groups excluding carboxylic acids is 3. The molecule has 10 nitrogen and oxygen atoms in total. The molecule has 3 amide bonds. The molecule has 1 fully saturated rings. The number of benzene rings is 1. The highest BCUT2D eigenvalue weighted by Crippen LogP contribution is 2.34. The van der Waals surface area contributed by atoms with Crippen LogP contribution in [0.5, 0.6) is 5.75 Å². The van der Waals surface area contributed by atoms with Crippen LogP contribution in [0.1, 0.15) is 33.3 Å². The van der Waals surface area contributed by atoms with Gasteiger partial charge >= 0.3 is 6.09 Å². The number of likely N-dealkylation sites (N-methyl/N-ethyl adjacent to an activating group) is 1. The predicted molar refractivity (Wildman–Crippen MR) is 141 cm³/mol. The average Bonchev–Trinajstić information content (AvgIpc) is 3.04. The van der Waals surface area contributed by atoms with Gasteiger partial charge in [0.25, 0.3) is 5.91 Å². The van der Waals surface area contributed by atoms with Crippen molar-refractivity contribution in [1.82, 2.24) is 14.7 Å². The van der Waals surface area contributed by atoms with Gasteiger partial charge in [-0.05, 0) is 45.4 Å². The minimum atomic E-state index is -1.28. The second-order valence-electron chi connectivity index (χ2n) is 10.1. The van der Waals surface area contributed by atoms with Gasteiger partial charge in [-0.15, -0.1) is 0 Å². The van der Waals surface area contributed by atoms with Crippen molar-refractivity contribution in [3.63, 3.8) is 0 Å². The molecule has 12 heteroatoms. The van der Waals surface area contributed by atoms with Crippen molar-refractivity contribution in [3.8, 4) is 5.75 Å². The summed E-state index contributed by atoms with van der Waals surface area (Å²) in [5, 5.41) is 9.93. The van der Waals surface area contributed by atoms with Gasteiger partial charge in [-0.2, -0.15) is 0 Å². The summed E-state index contributed by atoms with van der Waals surface area (Å²) < 4.78 is 11.0. The molecule has 2 aliphatic heterocycles. The van der Waals surface area contributed by atoms with Gasteiger partial charge in [0.1, 0.15) is 22.4 Å². The number of aliphatic hydroxyl groups excluding tert-OH is 1. The van der Waals surface area contributed by atoms with Gasteiger partial charge in [-0.3, -0.25) is 14.5 Å². The number of rotatable bonds is 6. The summed E-state index contributed by atoms with van der Waals surface area (Å²) in [5.41, 5.74) is 0.936. The monoisotopic (exact) mass is 556 g/mol. The van der Waals surface area contributed by atoms with Crippen LogP contribution in [0, 0.1) is 0 Å². The van der Waals surface area contributed by atoms with E-state index in [0.29, 0.717) is 31.9 Å². The van der Waals surface area contributed by atoms with Crippen molar-refractivity contribution < 1.29 is 29.0 Å². The smallest absolute Gasteiger partial charge is 0.410 e. The summed E-state index contributed by atoms with van der Waals surface area (Å²) in [5.74, 6) is -0.0776. The third-order valence-corrected chi connectivity index (χ3v) is 7.18. The van der Waals surface area contributed by atoms with Crippen LogP contribution in [-0.2, 0) is 20.9 Å². The molecule has 1 saturated heterocycles. The van der Waals surface area contributed by atoms with Crippen molar-refractivity contribution in [2.75, 3.05) is 45.2 Å². The molecular weight excluding hydrogens is 523 g/mol. The fourth-order valence-electron chi connectivity index (χ4n) is 4.12. The van der Waals surface area contributed by atoms with Crippen LogP contribution >= 0.6 is 23.2 Å². The minimum absolute atomic E-state index is 0.0886. The number of anilines is 1. The average molecular weight is 557 g/mol. The molecule has 0 radical (unpaired) electrons. The van der Waals surface area contributed by atoms with E-state index in [-0.39, 0.29) is 22.5 Å². The Kier molecular flexibility index (Phi) is 8.87. The topological polar surface area (TPSA) is 103 Å². The number of hydrogen-bond donors (Lipinski definition) is 1. The maximum absolute atomic E-state index is 13.0. The number of halogens is 2. The normalized spacial score (nSPS) is 19.3. The van der Waals surface area contributed by atoms with Crippen molar-refractivity contribution in [2.45, 2.75) is 52.1 Å². The Balaban J connectivity index is 1.62. The van der Waals surface area contributed by atoms with E-state index < -0.39 is 29.9 Å². The van der Waals surface area contributed by atoms with Gasteiger partial charge in [-0.25, -0.2) is 4.79 Å². The minimum Gasteiger partial charge on any atom is -0.495 e. The van der Waals surface area contributed by atoms with Gasteiger partial charge in [0, 0.05) is 39.8 Å². The van der Waals surface area contributed by atoms with Gasteiger partial charge in [0.15, 0.2) is 6.23 Å². The Morgan fingerprint density at radius 1 is 1.19 bits per heavy atom. The molecular formula is C25H34Cl2N4O6. The molecule has 0 bridgehead atoms. The second kappa shape index (κ2) is 11.4. The summed E-state index contributed by atoms with van der Waals surface area (Å²) >= 11 is 11.8. The quantitative estimate of drug-likeness (QED) is 0.574. The highest BCUT2D eigenvalue weighted by Gasteiger charge is 2.37. The standard InChI is InChI=1S/C25H34Cl2N4O6/c1-15(28(5)24(35)37-25(2,3)4)21(32)30-11-9-29(10-12-30)17-8-7-16(13-18(17)36-6)14-31-22(33)19(26)20(27)23(31)34/h7-8,13,15,22,33H,9-12,14H2,1-6H3/t15-,22?/m0/s1.